The molecule has 4 rings (SSSR count). The number of rotatable bonds is 8. The molecule has 148 valence electrons. The quantitative estimate of drug-likeness (QED) is 0.452. The van der Waals surface area contributed by atoms with Crippen LogP contribution in [0.25, 0.3) is 22.3 Å². The number of imidazole rings is 1. The number of carbonyl (C=O) groups is 1. The monoisotopic (exact) mass is 405 g/mol. The first-order chi connectivity index (χ1) is 14.2. The summed E-state index contributed by atoms with van der Waals surface area (Å²) in [6, 6.07) is 11.9. The van der Waals surface area contributed by atoms with Crippen LogP contribution in [0, 0.1) is 0 Å². The predicted octanol–water partition coefficient (Wildman–Crippen LogP) is 3.87. The summed E-state index contributed by atoms with van der Waals surface area (Å²) >= 11 is 1.66. The van der Waals surface area contributed by atoms with Crippen LogP contribution in [0.15, 0.2) is 54.2 Å². The number of nitrogens with zero attached hydrogens (tertiary/aromatic N) is 4. The summed E-state index contributed by atoms with van der Waals surface area (Å²) in [4.78, 5) is 25.8. The Labute approximate surface area is 173 Å². The summed E-state index contributed by atoms with van der Waals surface area (Å²) in [5.74, 6) is 0.951. The van der Waals surface area contributed by atoms with E-state index < -0.39 is 0 Å². The van der Waals surface area contributed by atoms with E-state index in [1.807, 2.05) is 41.0 Å². The Hall–Kier alpha value is -3.06. The van der Waals surface area contributed by atoms with Gasteiger partial charge in [-0.05, 0) is 30.7 Å². The van der Waals surface area contributed by atoms with Crippen LogP contribution in [0.5, 0.6) is 0 Å². The molecule has 0 aliphatic rings. The number of pyridine rings is 1. The third-order valence-corrected chi connectivity index (χ3v) is 5.68. The molecule has 0 radical (unpaired) electrons. The number of hydrogen-bond donors (Lipinski definition) is 1. The van der Waals surface area contributed by atoms with E-state index in [1.54, 1.807) is 23.7 Å². The lowest BCUT2D eigenvalue weighted by atomic mass is 10.2. The van der Waals surface area contributed by atoms with E-state index in [2.05, 4.69) is 32.6 Å². The number of nitrogens with one attached hydrogen (secondary N) is 1. The average molecular weight is 406 g/mol. The number of hydrogen-bond acceptors (Lipinski definition) is 5. The highest BCUT2D eigenvalue weighted by Gasteiger charge is 2.12. The molecule has 0 spiro atoms. The largest absolute Gasteiger partial charge is 0.355 e. The molecule has 0 saturated carbocycles. The molecule has 0 fully saturated rings. The molecule has 29 heavy (non-hydrogen) atoms. The summed E-state index contributed by atoms with van der Waals surface area (Å²) in [6.45, 7) is 2.99. The van der Waals surface area contributed by atoms with Crippen molar-refractivity contribution in [1.82, 2.24) is 24.8 Å². The van der Waals surface area contributed by atoms with Crippen LogP contribution in [-0.4, -0.2) is 32.0 Å². The van der Waals surface area contributed by atoms with Gasteiger partial charge in [0.15, 0.2) is 0 Å². The van der Waals surface area contributed by atoms with Crippen molar-refractivity contribution in [3.8, 4) is 11.3 Å². The number of carbonyl (C=O) groups excluding carboxylic acids is 1. The summed E-state index contributed by atoms with van der Waals surface area (Å²) in [5.41, 5.74) is 4.00. The number of benzene rings is 1. The van der Waals surface area contributed by atoms with Gasteiger partial charge in [-0.1, -0.05) is 19.1 Å². The molecule has 0 atom stereocenters. The van der Waals surface area contributed by atoms with Crippen molar-refractivity contribution >= 4 is 28.3 Å². The SMILES string of the molecule is CCc1nc2ccccc2n1CC(=O)NCCCc1nc(-c2ccncc2)cs1. The predicted molar refractivity (Wildman–Crippen MR) is 116 cm³/mol. The van der Waals surface area contributed by atoms with E-state index in [1.165, 1.54) is 0 Å². The minimum atomic E-state index is 0.0134. The molecule has 4 aromatic rings. The van der Waals surface area contributed by atoms with Gasteiger partial charge >= 0.3 is 0 Å². The highest BCUT2D eigenvalue weighted by molar-refractivity contribution is 7.09. The van der Waals surface area contributed by atoms with Gasteiger partial charge in [-0.15, -0.1) is 11.3 Å². The van der Waals surface area contributed by atoms with Gasteiger partial charge in [-0.3, -0.25) is 9.78 Å². The van der Waals surface area contributed by atoms with E-state index in [-0.39, 0.29) is 5.91 Å². The standard InChI is InChI=1S/C22H23N5OS/c1-2-20-25-17-6-3-4-7-19(17)27(20)14-21(28)24-11-5-8-22-26-18(15-29-22)16-9-12-23-13-10-16/h3-4,6-7,9-10,12-13,15H,2,5,8,11,14H2,1H3,(H,24,28). The van der Waals surface area contributed by atoms with Gasteiger partial charge in [0.1, 0.15) is 12.4 Å². The second kappa shape index (κ2) is 8.96. The number of aryl methyl sites for hydroxylation is 2. The molecule has 0 aliphatic heterocycles. The van der Waals surface area contributed by atoms with Crippen molar-refractivity contribution in [2.75, 3.05) is 6.54 Å². The molecule has 3 aromatic heterocycles. The molecule has 1 aromatic carbocycles. The van der Waals surface area contributed by atoms with Gasteiger partial charge in [0.2, 0.25) is 5.91 Å². The van der Waals surface area contributed by atoms with Gasteiger partial charge < -0.3 is 9.88 Å². The number of para-hydroxylation sites is 2. The average Bonchev–Trinajstić information content (AvgIpc) is 3.37. The Morgan fingerprint density at radius 2 is 1.97 bits per heavy atom. The lowest BCUT2D eigenvalue weighted by molar-refractivity contribution is -0.121. The molecule has 0 bridgehead atoms. The number of fused-ring (bicyclic) bond motifs is 1. The zero-order valence-electron chi connectivity index (χ0n) is 16.3. The molecule has 0 unspecified atom stereocenters. The maximum atomic E-state index is 12.4. The zero-order chi connectivity index (χ0) is 20.1. The van der Waals surface area contributed by atoms with E-state index in [9.17, 15) is 4.79 Å². The number of aromatic nitrogens is 4. The fourth-order valence-corrected chi connectivity index (χ4v) is 4.17. The fraction of sp³-hybridized carbons (Fsp3) is 0.273. The van der Waals surface area contributed by atoms with Gasteiger partial charge in [0.25, 0.3) is 0 Å². The normalized spacial score (nSPS) is 11.1. The zero-order valence-corrected chi connectivity index (χ0v) is 17.2. The van der Waals surface area contributed by atoms with Crippen molar-refractivity contribution in [3.63, 3.8) is 0 Å². The molecule has 0 aliphatic carbocycles. The second-order valence-electron chi connectivity index (χ2n) is 6.77. The third-order valence-electron chi connectivity index (χ3n) is 4.77. The first-order valence-electron chi connectivity index (χ1n) is 9.80. The molecule has 0 saturated heterocycles. The topological polar surface area (TPSA) is 72.7 Å². The van der Waals surface area contributed by atoms with Gasteiger partial charge in [0.05, 0.1) is 21.7 Å². The minimum absolute atomic E-state index is 0.0134. The van der Waals surface area contributed by atoms with Crippen molar-refractivity contribution in [1.29, 1.82) is 0 Å². The Morgan fingerprint density at radius 1 is 1.14 bits per heavy atom. The second-order valence-corrected chi connectivity index (χ2v) is 7.71. The third kappa shape index (κ3) is 4.51. The van der Waals surface area contributed by atoms with Crippen LogP contribution in [-0.2, 0) is 24.2 Å². The Balaban J connectivity index is 1.29. The molecular weight excluding hydrogens is 382 g/mol. The van der Waals surface area contributed by atoms with Crippen LogP contribution in [0.4, 0.5) is 0 Å². The Bertz CT molecular complexity index is 1100. The smallest absolute Gasteiger partial charge is 0.240 e. The van der Waals surface area contributed by atoms with Gasteiger partial charge in [0, 0.05) is 42.7 Å². The lowest BCUT2D eigenvalue weighted by Crippen LogP contribution is -2.29. The maximum Gasteiger partial charge on any atom is 0.240 e. The van der Waals surface area contributed by atoms with E-state index in [0.29, 0.717) is 13.1 Å². The van der Waals surface area contributed by atoms with Crippen molar-refractivity contribution in [2.45, 2.75) is 32.7 Å². The molecule has 6 nitrogen and oxygen atoms in total. The van der Waals surface area contributed by atoms with Crippen LogP contribution in [0.1, 0.15) is 24.2 Å². The van der Waals surface area contributed by atoms with Crippen molar-refractivity contribution in [3.05, 3.63) is 65.0 Å². The molecule has 1 N–H and O–H groups in total. The van der Waals surface area contributed by atoms with Gasteiger partial charge in [-0.25, -0.2) is 9.97 Å². The summed E-state index contributed by atoms with van der Waals surface area (Å²) < 4.78 is 2.01. The lowest BCUT2D eigenvalue weighted by Gasteiger charge is -2.09. The molecular formula is C22H23N5OS. The summed E-state index contributed by atoms with van der Waals surface area (Å²) in [7, 11) is 0. The summed E-state index contributed by atoms with van der Waals surface area (Å²) in [5, 5.41) is 6.18. The highest BCUT2D eigenvalue weighted by atomic mass is 32.1. The first-order valence-corrected chi connectivity index (χ1v) is 10.7. The van der Waals surface area contributed by atoms with E-state index in [4.69, 9.17) is 0 Å². The van der Waals surface area contributed by atoms with Crippen LogP contribution in [0.2, 0.25) is 0 Å². The van der Waals surface area contributed by atoms with Crippen LogP contribution in [0.3, 0.4) is 0 Å². The summed E-state index contributed by atoms with van der Waals surface area (Å²) in [6.07, 6.45) is 6.06. The molecule has 3 heterocycles. The van der Waals surface area contributed by atoms with E-state index in [0.717, 1.165) is 52.4 Å². The van der Waals surface area contributed by atoms with E-state index >= 15 is 0 Å². The first kappa shape index (κ1) is 19.3. The van der Waals surface area contributed by atoms with Crippen molar-refractivity contribution < 1.29 is 4.79 Å². The fourth-order valence-electron chi connectivity index (χ4n) is 3.32. The van der Waals surface area contributed by atoms with Crippen LogP contribution >= 0.6 is 11.3 Å². The van der Waals surface area contributed by atoms with Gasteiger partial charge in [-0.2, -0.15) is 0 Å². The number of thiazole rings is 1. The Kier molecular flexibility index (Phi) is 5.95. The number of amides is 1. The molecule has 1 amide bonds. The van der Waals surface area contributed by atoms with Crippen molar-refractivity contribution in [2.24, 2.45) is 0 Å². The highest BCUT2D eigenvalue weighted by Crippen LogP contribution is 2.21. The Morgan fingerprint density at radius 3 is 2.79 bits per heavy atom. The van der Waals surface area contributed by atoms with Crippen LogP contribution < -0.4 is 5.32 Å². The molecule has 7 heteroatoms. The maximum absolute atomic E-state index is 12.4. The minimum Gasteiger partial charge on any atom is -0.355 e.